The summed E-state index contributed by atoms with van der Waals surface area (Å²) in [6.45, 7) is 0. The minimum Gasteiger partial charge on any atom is -0.318 e. The van der Waals surface area contributed by atoms with Crippen LogP contribution in [-0.2, 0) is 4.79 Å². The van der Waals surface area contributed by atoms with Crippen molar-refractivity contribution in [1.82, 2.24) is 10.6 Å². The van der Waals surface area contributed by atoms with Crippen LogP contribution in [0, 0.1) is 0 Å². The molecule has 0 radical (unpaired) electrons. The summed E-state index contributed by atoms with van der Waals surface area (Å²) in [6.07, 6.45) is 1.35. The Kier molecular flexibility index (Phi) is 1.22. The molecule has 0 aromatic carbocycles. The number of carbonyl (C=O) groups excluding carboxylic acids is 1. The summed E-state index contributed by atoms with van der Waals surface area (Å²) >= 11 is 4.73. The van der Waals surface area contributed by atoms with Gasteiger partial charge in [-0.3, -0.25) is 9.79 Å². The highest BCUT2D eigenvalue weighted by atomic mass is 32.1. The van der Waals surface area contributed by atoms with E-state index in [1.165, 1.54) is 6.34 Å². The van der Waals surface area contributed by atoms with Crippen molar-refractivity contribution in [3.8, 4) is 0 Å². The molecule has 1 amide bonds. The van der Waals surface area contributed by atoms with E-state index in [2.05, 4.69) is 20.6 Å². The Hall–Kier alpha value is -1.30. The molecule has 0 saturated carbocycles. The Morgan fingerprint density at radius 3 is 3.18 bits per heavy atom. The molecule has 0 bridgehead atoms. The van der Waals surface area contributed by atoms with Crippen molar-refractivity contribution in [2.24, 2.45) is 9.98 Å². The van der Waals surface area contributed by atoms with Gasteiger partial charge in [0.2, 0.25) is 0 Å². The molecule has 2 heterocycles. The number of rotatable bonds is 0. The van der Waals surface area contributed by atoms with Crippen LogP contribution in [0.1, 0.15) is 0 Å². The third-order valence-electron chi connectivity index (χ3n) is 1.40. The van der Waals surface area contributed by atoms with E-state index in [4.69, 9.17) is 12.2 Å². The summed E-state index contributed by atoms with van der Waals surface area (Å²) in [4.78, 5) is 18.7. The summed E-state index contributed by atoms with van der Waals surface area (Å²) < 4.78 is 0. The maximum absolute atomic E-state index is 11.1. The number of hydrogen-bond acceptors (Lipinski definition) is 4. The van der Waals surface area contributed by atoms with Gasteiger partial charge in [0.25, 0.3) is 5.91 Å². The standard InChI is InChI=1S/C5H4N4OS/c10-4-2-3(7-1-6-2)8-5(11)9-4/h1-2H,(H2,6,7,8,9,10,11). The van der Waals surface area contributed by atoms with Gasteiger partial charge in [0.15, 0.2) is 11.2 Å². The first-order valence-electron chi connectivity index (χ1n) is 2.98. The Morgan fingerprint density at radius 2 is 2.36 bits per heavy atom. The molecule has 11 heavy (non-hydrogen) atoms. The molecule has 1 saturated heterocycles. The van der Waals surface area contributed by atoms with Gasteiger partial charge < -0.3 is 10.6 Å². The molecule has 2 rings (SSSR count). The van der Waals surface area contributed by atoms with Crippen LogP contribution in [0.15, 0.2) is 9.98 Å². The van der Waals surface area contributed by atoms with Gasteiger partial charge in [0, 0.05) is 0 Å². The fourth-order valence-corrected chi connectivity index (χ4v) is 1.13. The number of fused-ring (bicyclic) bond motifs is 1. The highest BCUT2D eigenvalue weighted by Crippen LogP contribution is 2.03. The molecular formula is C5H4N4OS. The molecule has 56 valence electrons. The average Bonchev–Trinajstić information content (AvgIpc) is 2.34. The number of nitrogens with zero attached hydrogens (tertiary/aromatic N) is 2. The molecule has 2 aliphatic heterocycles. The maximum atomic E-state index is 11.1. The van der Waals surface area contributed by atoms with Gasteiger partial charge in [-0.1, -0.05) is 0 Å². The number of thiocarbonyl (C=S) groups is 1. The van der Waals surface area contributed by atoms with Crippen molar-refractivity contribution in [1.29, 1.82) is 0 Å². The van der Waals surface area contributed by atoms with Gasteiger partial charge in [-0.05, 0) is 12.2 Å². The van der Waals surface area contributed by atoms with Crippen molar-refractivity contribution < 1.29 is 4.79 Å². The normalized spacial score (nSPS) is 27.3. The van der Waals surface area contributed by atoms with Crippen molar-refractivity contribution in [3.05, 3.63) is 0 Å². The van der Waals surface area contributed by atoms with E-state index in [1.54, 1.807) is 0 Å². The van der Waals surface area contributed by atoms with E-state index in [0.717, 1.165) is 0 Å². The average molecular weight is 168 g/mol. The smallest absolute Gasteiger partial charge is 0.258 e. The quantitative estimate of drug-likeness (QED) is 0.446. The lowest BCUT2D eigenvalue weighted by atomic mass is 10.2. The summed E-state index contributed by atoms with van der Waals surface area (Å²) in [5.41, 5.74) is 0. The monoisotopic (exact) mass is 168 g/mol. The maximum Gasteiger partial charge on any atom is 0.258 e. The number of hydrogen-bond donors (Lipinski definition) is 2. The molecule has 1 fully saturated rings. The number of amides is 1. The van der Waals surface area contributed by atoms with E-state index in [9.17, 15) is 4.79 Å². The highest BCUT2D eigenvalue weighted by molar-refractivity contribution is 7.80. The fourth-order valence-electron chi connectivity index (χ4n) is 0.924. The number of aliphatic imine (C=N–C) groups is 2. The Labute approximate surface area is 67.6 Å². The molecular weight excluding hydrogens is 164 g/mol. The topological polar surface area (TPSA) is 65.8 Å². The van der Waals surface area contributed by atoms with Crippen LogP contribution in [0.2, 0.25) is 0 Å². The van der Waals surface area contributed by atoms with Crippen LogP contribution in [-0.4, -0.2) is 29.2 Å². The molecule has 1 atom stereocenters. The van der Waals surface area contributed by atoms with Crippen LogP contribution in [0.3, 0.4) is 0 Å². The zero-order chi connectivity index (χ0) is 7.84. The van der Waals surface area contributed by atoms with E-state index >= 15 is 0 Å². The molecule has 5 nitrogen and oxygen atoms in total. The van der Waals surface area contributed by atoms with E-state index in [1.807, 2.05) is 0 Å². The predicted octanol–water partition coefficient (Wildman–Crippen LogP) is -1.20. The number of carbonyl (C=O) groups is 1. The Balaban J connectivity index is 2.31. The molecule has 0 aliphatic carbocycles. The van der Waals surface area contributed by atoms with E-state index in [-0.39, 0.29) is 11.0 Å². The largest absolute Gasteiger partial charge is 0.318 e. The summed E-state index contributed by atoms with van der Waals surface area (Å²) in [5, 5.41) is 5.46. The lowest BCUT2D eigenvalue weighted by molar-refractivity contribution is -0.119. The summed E-state index contributed by atoms with van der Waals surface area (Å²) in [7, 11) is 0. The number of nitrogens with one attached hydrogen (secondary N) is 2. The molecule has 1 unspecified atom stereocenters. The minimum absolute atomic E-state index is 0.221. The van der Waals surface area contributed by atoms with Gasteiger partial charge in [-0.25, -0.2) is 4.99 Å². The summed E-state index contributed by atoms with van der Waals surface area (Å²) in [5.74, 6) is 0.292. The van der Waals surface area contributed by atoms with Crippen LogP contribution in [0.25, 0.3) is 0 Å². The Morgan fingerprint density at radius 1 is 1.55 bits per heavy atom. The molecule has 6 heteroatoms. The second-order valence-corrected chi connectivity index (χ2v) is 2.53. The van der Waals surface area contributed by atoms with Crippen LogP contribution < -0.4 is 10.6 Å². The minimum atomic E-state index is -0.512. The second kappa shape index (κ2) is 2.09. The highest BCUT2D eigenvalue weighted by Gasteiger charge is 2.31. The van der Waals surface area contributed by atoms with Gasteiger partial charge in [-0.2, -0.15) is 0 Å². The third kappa shape index (κ3) is 0.911. The first kappa shape index (κ1) is 6.41. The third-order valence-corrected chi connectivity index (χ3v) is 1.60. The second-order valence-electron chi connectivity index (χ2n) is 2.12. The zero-order valence-electron chi connectivity index (χ0n) is 5.37. The van der Waals surface area contributed by atoms with Crippen molar-refractivity contribution in [2.45, 2.75) is 6.04 Å². The molecule has 2 aliphatic rings. The molecule has 0 aromatic rings. The van der Waals surface area contributed by atoms with Crippen molar-refractivity contribution in [2.75, 3.05) is 0 Å². The van der Waals surface area contributed by atoms with Crippen LogP contribution in [0.4, 0.5) is 0 Å². The summed E-state index contributed by atoms with van der Waals surface area (Å²) in [6, 6.07) is -0.512. The first-order valence-corrected chi connectivity index (χ1v) is 3.39. The molecule has 0 aromatic heterocycles. The Bertz CT molecular complexity index is 295. The number of amidine groups is 1. The van der Waals surface area contributed by atoms with Gasteiger partial charge in [0.05, 0.1) is 0 Å². The van der Waals surface area contributed by atoms with Gasteiger partial charge in [0.1, 0.15) is 12.2 Å². The zero-order valence-corrected chi connectivity index (χ0v) is 6.18. The van der Waals surface area contributed by atoms with Gasteiger partial charge >= 0.3 is 0 Å². The molecule has 0 spiro atoms. The van der Waals surface area contributed by atoms with E-state index < -0.39 is 6.04 Å². The SMILES string of the molecule is O=C1NC(=S)NC2=NC=NC12. The lowest BCUT2D eigenvalue weighted by Gasteiger charge is -2.19. The van der Waals surface area contributed by atoms with Crippen LogP contribution in [0.5, 0.6) is 0 Å². The first-order chi connectivity index (χ1) is 5.27. The predicted molar refractivity (Wildman–Crippen MR) is 43.6 cm³/mol. The fraction of sp³-hybridized carbons (Fsp3) is 0.200. The lowest BCUT2D eigenvalue weighted by Crippen LogP contribution is -2.56. The van der Waals surface area contributed by atoms with Crippen molar-refractivity contribution in [3.63, 3.8) is 0 Å². The van der Waals surface area contributed by atoms with Gasteiger partial charge in [-0.15, -0.1) is 0 Å². The molecule has 2 N–H and O–H groups in total. The van der Waals surface area contributed by atoms with E-state index in [0.29, 0.717) is 5.84 Å². The van der Waals surface area contributed by atoms with Crippen molar-refractivity contribution >= 4 is 35.4 Å². The van der Waals surface area contributed by atoms with Crippen LogP contribution >= 0.6 is 12.2 Å².